The van der Waals surface area contributed by atoms with Gasteiger partial charge in [-0.15, -0.1) is 0 Å². The van der Waals surface area contributed by atoms with Crippen LogP contribution in [0.5, 0.6) is 0 Å². The molecule has 0 heterocycles. The van der Waals surface area contributed by atoms with Gasteiger partial charge in [-0.2, -0.15) is 0 Å². The van der Waals surface area contributed by atoms with Crippen molar-refractivity contribution < 1.29 is 0 Å². The molecular weight excluding hydrogens is 340 g/mol. The second-order valence-electron chi connectivity index (χ2n) is 7.04. The van der Waals surface area contributed by atoms with E-state index in [-0.39, 0.29) is 6.04 Å². The first kappa shape index (κ1) is 19.6. The molecule has 0 aliphatic rings. The largest absolute Gasteiger partial charge is 0.399 e. The summed E-state index contributed by atoms with van der Waals surface area (Å²) >= 11 is 0. The van der Waals surface area contributed by atoms with Crippen LogP contribution in [-0.2, 0) is 0 Å². The van der Waals surface area contributed by atoms with Crippen LogP contribution in [0.1, 0.15) is 49.4 Å². The Labute approximate surface area is 168 Å². The van der Waals surface area contributed by atoms with Crippen LogP contribution in [-0.4, -0.2) is 5.71 Å². The molecular formula is C26H28N2. The van der Waals surface area contributed by atoms with Gasteiger partial charge in [0.2, 0.25) is 0 Å². The van der Waals surface area contributed by atoms with Crippen molar-refractivity contribution in [2.24, 2.45) is 4.99 Å². The van der Waals surface area contributed by atoms with Crippen LogP contribution >= 0.6 is 0 Å². The lowest BCUT2D eigenvalue weighted by Gasteiger charge is -2.15. The second kappa shape index (κ2) is 9.70. The molecule has 0 amide bonds. The smallest absolute Gasteiger partial charge is 0.0756 e. The van der Waals surface area contributed by atoms with Crippen molar-refractivity contribution in [1.29, 1.82) is 0 Å². The predicted octanol–water partition coefficient (Wildman–Crippen LogP) is 6.70. The van der Waals surface area contributed by atoms with Crippen molar-refractivity contribution in [3.05, 3.63) is 108 Å². The number of nitrogens with two attached hydrogens (primary N) is 1. The van der Waals surface area contributed by atoms with Gasteiger partial charge in [0, 0.05) is 5.69 Å². The van der Waals surface area contributed by atoms with E-state index in [0.717, 1.165) is 29.8 Å². The van der Waals surface area contributed by atoms with Gasteiger partial charge in [0.1, 0.15) is 0 Å². The van der Waals surface area contributed by atoms with Gasteiger partial charge in [0.15, 0.2) is 0 Å². The Morgan fingerprint density at radius 3 is 2.00 bits per heavy atom. The first-order chi connectivity index (χ1) is 13.7. The van der Waals surface area contributed by atoms with Crippen LogP contribution in [0.15, 0.2) is 96.0 Å². The molecule has 0 aliphatic heterocycles. The first-order valence-corrected chi connectivity index (χ1v) is 9.89. The number of rotatable bonds is 7. The number of allylic oxidation sites excluding steroid dienone is 2. The lowest BCUT2D eigenvalue weighted by molar-refractivity contribution is 0.642. The summed E-state index contributed by atoms with van der Waals surface area (Å²) < 4.78 is 0. The molecule has 0 saturated carbocycles. The normalized spacial score (nSPS) is 13.4. The average Bonchev–Trinajstić information content (AvgIpc) is 2.74. The van der Waals surface area contributed by atoms with Crippen molar-refractivity contribution in [1.82, 2.24) is 0 Å². The molecule has 3 rings (SSSR count). The summed E-state index contributed by atoms with van der Waals surface area (Å²) in [4.78, 5) is 5.20. The maximum atomic E-state index is 5.88. The Morgan fingerprint density at radius 2 is 1.43 bits per heavy atom. The summed E-state index contributed by atoms with van der Waals surface area (Å²) in [7, 11) is 0. The van der Waals surface area contributed by atoms with Gasteiger partial charge in [0.05, 0.1) is 11.8 Å². The molecule has 0 spiro atoms. The Kier molecular flexibility index (Phi) is 6.80. The molecule has 0 aliphatic carbocycles. The fourth-order valence-corrected chi connectivity index (χ4v) is 3.26. The third kappa shape index (κ3) is 5.20. The fourth-order valence-electron chi connectivity index (χ4n) is 3.26. The molecule has 0 fully saturated rings. The molecule has 2 N–H and O–H groups in total. The number of hydrogen-bond acceptors (Lipinski definition) is 2. The van der Waals surface area contributed by atoms with Crippen LogP contribution < -0.4 is 5.73 Å². The molecule has 3 aromatic carbocycles. The zero-order chi connectivity index (χ0) is 19.8. The van der Waals surface area contributed by atoms with E-state index in [2.05, 4.69) is 80.6 Å². The summed E-state index contributed by atoms with van der Waals surface area (Å²) in [5.74, 6) is 0. The molecule has 0 bridgehead atoms. The monoisotopic (exact) mass is 368 g/mol. The minimum atomic E-state index is 0.112. The summed E-state index contributed by atoms with van der Waals surface area (Å²) in [5, 5.41) is 0. The van der Waals surface area contributed by atoms with E-state index in [1.165, 1.54) is 16.7 Å². The van der Waals surface area contributed by atoms with E-state index in [4.69, 9.17) is 10.7 Å². The lowest BCUT2D eigenvalue weighted by atomic mass is 9.99. The number of nitrogen functional groups attached to an aromatic ring is 1. The molecule has 2 nitrogen and oxygen atoms in total. The highest BCUT2D eigenvalue weighted by Gasteiger charge is 2.12. The molecule has 2 heteroatoms. The highest BCUT2D eigenvalue weighted by atomic mass is 14.8. The summed E-state index contributed by atoms with van der Waals surface area (Å²) in [6.07, 6.45) is 4.27. The predicted molar refractivity (Wildman–Crippen MR) is 122 cm³/mol. The Morgan fingerprint density at radius 1 is 0.857 bits per heavy atom. The summed E-state index contributed by atoms with van der Waals surface area (Å²) in [6, 6.07) is 29.1. The summed E-state index contributed by atoms with van der Waals surface area (Å²) in [6.45, 7) is 4.35. The molecule has 1 atom stereocenters. The second-order valence-corrected chi connectivity index (χ2v) is 7.04. The topological polar surface area (TPSA) is 38.4 Å². The highest BCUT2D eigenvalue weighted by Crippen LogP contribution is 2.26. The van der Waals surface area contributed by atoms with E-state index in [1.54, 1.807) is 0 Å². The summed E-state index contributed by atoms with van der Waals surface area (Å²) in [5.41, 5.74) is 12.4. The highest BCUT2D eigenvalue weighted by molar-refractivity contribution is 6.12. The fraction of sp³-hybridized carbons (Fsp3) is 0.192. The zero-order valence-electron chi connectivity index (χ0n) is 16.7. The number of hydrogen-bond donors (Lipinski definition) is 1. The average molecular weight is 369 g/mol. The van der Waals surface area contributed by atoms with Gasteiger partial charge in [-0.1, -0.05) is 86.1 Å². The van der Waals surface area contributed by atoms with Crippen molar-refractivity contribution in [3.63, 3.8) is 0 Å². The van der Waals surface area contributed by atoms with E-state index in [1.807, 2.05) is 24.3 Å². The molecule has 1 unspecified atom stereocenters. The van der Waals surface area contributed by atoms with Gasteiger partial charge < -0.3 is 5.73 Å². The van der Waals surface area contributed by atoms with E-state index in [0.29, 0.717) is 0 Å². The number of anilines is 1. The molecule has 0 saturated heterocycles. The van der Waals surface area contributed by atoms with Gasteiger partial charge in [-0.25, -0.2) is 0 Å². The third-order valence-electron chi connectivity index (χ3n) is 4.83. The molecule has 0 radical (unpaired) electrons. The number of benzene rings is 3. The quantitative estimate of drug-likeness (QED) is 0.365. The van der Waals surface area contributed by atoms with Crippen molar-refractivity contribution in [2.75, 3.05) is 5.73 Å². The third-order valence-corrected chi connectivity index (χ3v) is 4.83. The molecule has 3 aromatic rings. The van der Waals surface area contributed by atoms with Gasteiger partial charge in [-0.05, 0) is 53.8 Å². The SMILES string of the molecule is CCCC(N=C(/C=C(\C)c1ccccc1)c1ccccc1)c1ccc(N)cc1. The Bertz CT molecular complexity index is 923. The van der Waals surface area contributed by atoms with Crippen molar-refractivity contribution >= 4 is 17.0 Å². The van der Waals surface area contributed by atoms with E-state index in [9.17, 15) is 0 Å². The number of aliphatic imine (C=N–C) groups is 1. The van der Waals surface area contributed by atoms with Gasteiger partial charge in [0.25, 0.3) is 0 Å². The van der Waals surface area contributed by atoms with Gasteiger partial charge in [-0.3, -0.25) is 4.99 Å². The minimum absolute atomic E-state index is 0.112. The first-order valence-electron chi connectivity index (χ1n) is 9.89. The molecule has 0 aromatic heterocycles. The van der Waals surface area contributed by atoms with Crippen molar-refractivity contribution in [2.45, 2.75) is 32.7 Å². The maximum absolute atomic E-state index is 5.88. The van der Waals surface area contributed by atoms with Crippen LogP contribution in [0.4, 0.5) is 5.69 Å². The van der Waals surface area contributed by atoms with Crippen LogP contribution in [0.25, 0.3) is 5.57 Å². The standard InChI is InChI=1S/C26H28N2/c1-3-10-25(23-15-17-24(27)18-16-23)28-26(22-13-8-5-9-14-22)19-20(2)21-11-6-4-7-12-21/h4-9,11-19,25H,3,10,27H2,1-2H3/b20-19+,28-26?. The van der Waals surface area contributed by atoms with Crippen molar-refractivity contribution in [3.8, 4) is 0 Å². The lowest BCUT2D eigenvalue weighted by Crippen LogP contribution is -2.04. The number of nitrogens with zero attached hydrogens (tertiary/aromatic N) is 1. The van der Waals surface area contributed by atoms with Crippen LogP contribution in [0.2, 0.25) is 0 Å². The van der Waals surface area contributed by atoms with E-state index >= 15 is 0 Å². The van der Waals surface area contributed by atoms with Gasteiger partial charge >= 0.3 is 0 Å². The Balaban J connectivity index is 2.05. The molecule has 142 valence electrons. The zero-order valence-corrected chi connectivity index (χ0v) is 16.7. The van der Waals surface area contributed by atoms with Crippen LogP contribution in [0.3, 0.4) is 0 Å². The Hall–Kier alpha value is -3.13. The molecule has 28 heavy (non-hydrogen) atoms. The maximum Gasteiger partial charge on any atom is 0.0756 e. The van der Waals surface area contributed by atoms with Crippen LogP contribution in [0, 0.1) is 0 Å². The van der Waals surface area contributed by atoms with E-state index < -0.39 is 0 Å². The minimum Gasteiger partial charge on any atom is -0.399 e.